The van der Waals surface area contributed by atoms with Crippen molar-refractivity contribution in [1.29, 1.82) is 0 Å². The molecule has 0 aromatic heterocycles. The molecule has 0 fully saturated rings. The molecule has 1 aromatic rings. The minimum atomic E-state index is -0.112. The first-order chi connectivity index (χ1) is 6.88. The van der Waals surface area contributed by atoms with E-state index >= 15 is 0 Å². The zero-order chi connectivity index (χ0) is 9.80. The van der Waals surface area contributed by atoms with E-state index in [0.29, 0.717) is 0 Å². The maximum atomic E-state index is 10.5. The molecule has 1 aliphatic rings. The average molecular weight is 205 g/mol. The number of nitrogens with zero attached hydrogens (tertiary/aromatic N) is 1. The Morgan fingerprint density at radius 1 is 1.43 bits per heavy atom. The number of carbonyl (C=O) groups is 1. The lowest BCUT2D eigenvalue weighted by molar-refractivity contribution is -0.108. The quantitative estimate of drug-likeness (QED) is 0.706. The minimum absolute atomic E-state index is 0.112. The lowest BCUT2D eigenvalue weighted by Crippen LogP contribution is -2.03. The van der Waals surface area contributed by atoms with Crippen molar-refractivity contribution >= 4 is 23.1 Å². The maximum absolute atomic E-state index is 10.5. The Balaban J connectivity index is 2.03. The summed E-state index contributed by atoms with van der Waals surface area (Å²) < 4.78 is 0. The summed E-state index contributed by atoms with van der Waals surface area (Å²) in [4.78, 5) is 14.8. The summed E-state index contributed by atoms with van der Waals surface area (Å²) in [7, 11) is 0. The van der Waals surface area contributed by atoms with Crippen LogP contribution in [-0.2, 0) is 11.2 Å². The Hall–Kier alpha value is -1.09. The number of carbonyl (C=O) groups excluding carboxylic acids is 1. The van der Waals surface area contributed by atoms with Crippen molar-refractivity contribution in [3.63, 3.8) is 0 Å². The van der Waals surface area contributed by atoms with Gasteiger partial charge in [-0.2, -0.15) is 0 Å². The Bertz CT molecular complexity index is 348. The Morgan fingerprint density at radius 2 is 2.21 bits per heavy atom. The molecule has 14 heavy (non-hydrogen) atoms. The molecular weight excluding hydrogens is 194 g/mol. The first-order valence-electron chi connectivity index (χ1n) is 4.57. The Morgan fingerprint density at radius 3 is 2.86 bits per heavy atom. The summed E-state index contributed by atoms with van der Waals surface area (Å²) in [6.07, 6.45) is 1.78. The number of hydrogen-bond acceptors (Lipinski definition) is 3. The van der Waals surface area contributed by atoms with Gasteiger partial charge in [-0.05, 0) is 5.56 Å². The van der Waals surface area contributed by atoms with Crippen LogP contribution in [0.25, 0.3) is 0 Å². The van der Waals surface area contributed by atoms with E-state index in [1.807, 2.05) is 18.2 Å². The number of benzene rings is 1. The molecule has 1 atom stereocenters. The van der Waals surface area contributed by atoms with Crippen LogP contribution in [0, 0.1) is 0 Å². The van der Waals surface area contributed by atoms with Gasteiger partial charge in [0.15, 0.2) is 0 Å². The van der Waals surface area contributed by atoms with Crippen molar-refractivity contribution in [2.24, 2.45) is 4.99 Å². The highest BCUT2D eigenvalue weighted by Gasteiger charge is 2.16. The smallest absolute Gasteiger partial charge is 0.145 e. The van der Waals surface area contributed by atoms with Crippen LogP contribution in [0.5, 0.6) is 0 Å². The van der Waals surface area contributed by atoms with Crippen LogP contribution in [0.15, 0.2) is 35.3 Å². The molecule has 0 N–H and O–H groups in total. The summed E-state index contributed by atoms with van der Waals surface area (Å²) in [5.41, 5.74) is 1.25. The van der Waals surface area contributed by atoms with Gasteiger partial charge in [-0.1, -0.05) is 30.3 Å². The molecule has 2 rings (SSSR count). The lowest BCUT2D eigenvalue weighted by Gasteiger charge is -1.98. The van der Waals surface area contributed by atoms with Crippen molar-refractivity contribution in [3.8, 4) is 0 Å². The molecule has 0 saturated heterocycles. The molecule has 1 aromatic carbocycles. The van der Waals surface area contributed by atoms with E-state index in [9.17, 15) is 4.79 Å². The molecule has 1 heterocycles. The molecule has 72 valence electrons. The molecule has 1 aliphatic heterocycles. The van der Waals surface area contributed by atoms with Crippen molar-refractivity contribution in [1.82, 2.24) is 0 Å². The molecule has 2 nitrogen and oxygen atoms in total. The van der Waals surface area contributed by atoms with Crippen LogP contribution in [0.2, 0.25) is 0 Å². The first-order valence-corrected chi connectivity index (χ1v) is 5.56. The third-order valence-electron chi connectivity index (χ3n) is 2.09. The maximum Gasteiger partial charge on any atom is 0.145 e. The molecular formula is C11H11NOS. The van der Waals surface area contributed by atoms with Crippen molar-refractivity contribution in [2.75, 3.05) is 5.75 Å². The van der Waals surface area contributed by atoms with E-state index in [1.54, 1.807) is 11.8 Å². The van der Waals surface area contributed by atoms with E-state index in [4.69, 9.17) is 0 Å². The lowest BCUT2D eigenvalue weighted by atomic mass is 10.2. The molecule has 0 saturated carbocycles. The normalized spacial score (nSPS) is 20.6. The van der Waals surface area contributed by atoms with Gasteiger partial charge in [0, 0.05) is 12.2 Å². The van der Waals surface area contributed by atoms with Crippen LogP contribution < -0.4 is 0 Å². The van der Waals surface area contributed by atoms with E-state index < -0.39 is 0 Å². The number of hydrogen-bond donors (Lipinski definition) is 0. The molecule has 0 unspecified atom stereocenters. The van der Waals surface area contributed by atoms with Gasteiger partial charge in [0.25, 0.3) is 0 Å². The number of rotatable bonds is 3. The van der Waals surface area contributed by atoms with Crippen LogP contribution in [0.4, 0.5) is 0 Å². The van der Waals surface area contributed by atoms with Gasteiger partial charge >= 0.3 is 0 Å². The summed E-state index contributed by atoms with van der Waals surface area (Å²) in [6, 6.07) is 10.1. The van der Waals surface area contributed by atoms with Gasteiger partial charge in [0.1, 0.15) is 12.3 Å². The van der Waals surface area contributed by atoms with E-state index in [2.05, 4.69) is 17.1 Å². The topological polar surface area (TPSA) is 29.4 Å². The van der Waals surface area contributed by atoms with Crippen LogP contribution in [-0.4, -0.2) is 23.1 Å². The summed E-state index contributed by atoms with van der Waals surface area (Å²) in [5.74, 6) is 0.811. The monoisotopic (exact) mass is 205 g/mol. The average Bonchev–Trinajstić information content (AvgIpc) is 2.67. The highest BCUT2D eigenvalue weighted by Crippen LogP contribution is 2.19. The minimum Gasteiger partial charge on any atom is -0.301 e. The zero-order valence-corrected chi connectivity index (χ0v) is 8.54. The number of thioether (sulfide) groups is 1. The second kappa shape index (κ2) is 4.42. The van der Waals surface area contributed by atoms with Crippen molar-refractivity contribution in [3.05, 3.63) is 35.9 Å². The predicted molar refractivity (Wildman–Crippen MR) is 59.9 cm³/mol. The molecule has 0 aliphatic carbocycles. The zero-order valence-electron chi connectivity index (χ0n) is 7.72. The first kappa shape index (κ1) is 9.46. The van der Waals surface area contributed by atoms with Gasteiger partial charge < -0.3 is 4.79 Å². The number of aliphatic imine (C=N–C) groups is 1. The summed E-state index contributed by atoms with van der Waals surface area (Å²) in [6.45, 7) is 0. The Kier molecular flexibility index (Phi) is 2.99. The van der Waals surface area contributed by atoms with Crippen molar-refractivity contribution < 1.29 is 4.79 Å². The highest BCUT2D eigenvalue weighted by molar-refractivity contribution is 8.14. The third-order valence-corrected chi connectivity index (χ3v) is 3.18. The fourth-order valence-electron chi connectivity index (χ4n) is 1.38. The summed E-state index contributed by atoms with van der Waals surface area (Å²) in [5, 5.41) is 1.08. The predicted octanol–water partition coefficient (Wildman–Crippen LogP) is 1.94. The molecule has 0 radical (unpaired) electrons. The third kappa shape index (κ3) is 2.23. The highest BCUT2D eigenvalue weighted by atomic mass is 32.2. The van der Waals surface area contributed by atoms with Gasteiger partial charge in [0.2, 0.25) is 0 Å². The largest absolute Gasteiger partial charge is 0.301 e. The SMILES string of the molecule is O=C[C@H]1CSC(Cc2ccccc2)=N1. The second-order valence-electron chi connectivity index (χ2n) is 3.20. The molecule has 0 bridgehead atoms. The van der Waals surface area contributed by atoms with Crippen LogP contribution in [0.1, 0.15) is 5.56 Å². The van der Waals surface area contributed by atoms with Crippen LogP contribution in [0.3, 0.4) is 0 Å². The number of aldehydes is 1. The van der Waals surface area contributed by atoms with E-state index in [-0.39, 0.29) is 6.04 Å². The van der Waals surface area contributed by atoms with Crippen LogP contribution >= 0.6 is 11.8 Å². The molecule has 0 spiro atoms. The van der Waals surface area contributed by atoms with Gasteiger partial charge in [-0.25, -0.2) is 0 Å². The van der Waals surface area contributed by atoms with Gasteiger partial charge in [0.05, 0.1) is 5.04 Å². The van der Waals surface area contributed by atoms with Gasteiger partial charge in [-0.15, -0.1) is 11.8 Å². The second-order valence-corrected chi connectivity index (χ2v) is 4.29. The van der Waals surface area contributed by atoms with Crippen molar-refractivity contribution in [2.45, 2.75) is 12.5 Å². The summed E-state index contributed by atoms with van der Waals surface area (Å²) >= 11 is 1.69. The fraction of sp³-hybridized carbons (Fsp3) is 0.273. The molecule has 3 heteroatoms. The van der Waals surface area contributed by atoms with Gasteiger partial charge in [-0.3, -0.25) is 4.99 Å². The Labute approximate surface area is 87.4 Å². The standard InChI is InChI=1S/C11H11NOS/c13-7-10-8-14-11(12-10)6-9-4-2-1-3-5-9/h1-5,7,10H,6,8H2/t10-/m0/s1. The van der Waals surface area contributed by atoms with E-state index in [1.165, 1.54) is 5.56 Å². The van der Waals surface area contributed by atoms with E-state index in [0.717, 1.165) is 23.5 Å². The molecule has 0 amide bonds. The fourth-order valence-corrected chi connectivity index (χ4v) is 2.37.